The number of cyclic esters (lactones) is 1. The van der Waals surface area contributed by atoms with Gasteiger partial charge in [0.05, 0.1) is 13.7 Å². The quantitative estimate of drug-likeness (QED) is 0.547. The Labute approximate surface area is 59.0 Å². The second-order valence-corrected chi connectivity index (χ2v) is 1.93. The van der Waals surface area contributed by atoms with Crippen molar-refractivity contribution in [3.8, 4) is 0 Å². The highest BCUT2D eigenvalue weighted by Crippen LogP contribution is 2.07. The lowest BCUT2D eigenvalue weighted by molar-refractivity contribution is -0.103. The number of rotatable bonds is 1. The minimum absolute atomic E-state index is 0.456. The first-order valence-corrected chi connectivity index (χ1v) is 2.94. The molecule has 0 unspecified atom stereocenters. The van der Waals surface area contributed by atoms with E-state index in [1.54, 1.807) is 13.0 Å². The van der Waals surface area contributed by atoms with E-state index in [0.29, 0.717) is 12.3 Å². The van der Waals surface area contributed by atoms with E-state index in [2.05, 4.69) is 4.84 Å². The van der Waals surface area contributed by atoms with Crippen molar-refractivity contribution in [2.75, 3.05) is 13.7 Å². The zero-order chi connectivity index (χ0) is 7.56. The van der Waals surface area contributed by atoms with Crippen molar-refractivity contribution in [2.45, 2.75) is 6.92 Å². The van der Waals surface area contributed by atoms with Gasteiger partial charge in [0.2, 0.25) is 0 Å². The van der Waals surface area contributed by atoms with Gasteiger partial charge in [0.15, 0.2) is 0 Å². The number of amides is 1. The van der Waals surface area contributed by atoms with Gasteiger partial charge in [-0.3, -0.25) is 4.84 Å². The summed E-state index contributed by atoms with van der Waals surface area (Å²) in [5.41, 5.74) is 0. The van der Waals surface area contributed by atoms with Crippen molar-refractivity contribution in [3.63, 3.8) is 0 Å². The first kappa shape index (κ1) is 7.08. The lowest BCUT2D eigenvalue weighted by atomic mass is 10.4. The molecule has 1 aliphatic rings. The van der Waals surface area contributed by atoms with Crippen LogP contribution in [0.4, 0.5) is 4.79 Å². The van der Waals surface area contributed by atoms with Gasteiger partial charge in [-0.15, -0.1) is 0 Å². The van der Waals surface area contributed by atoms with Crippen LogP contribution in [0, 0.1) is 0 Å². The summed E-state index contributed by atoms with van der Waals surface area (Å²) in [5.74, 6) is 0.623. The van der Waals surface area contributed by atoms with Crippen molar-refractivity contribution >= 4 is 6.09 Å². The molecule has 10 heavy (non-hydrogen) atoms. The molecule has 4 heteroatoms. The Morgan fingerprint density at radius 1 is 1.80 bits per heavy atom. The monoisotopic (exact) mass is 143 g/mol. The molecule has 1 aliphatic heterocycles. The summed E-state index contributed by atoms with van der Waals surface area (Å²) < 4.78 is 4.71. The molecule has 0 aliphatic carbocycles. The Kier molecular flexibility index (Phi) is 1.91. The van der Waals surface area contributed by atoms with E-state index in [4.69, 9.17) is 4.74 Å². The highest BCUT2D eigenvalue weighted by atomic mass is 16.7. The van der Waals surface area contributed by atoms with Gasteiger partial charge in [0, 0.05) is 0 Å². The lowest BCUT2D eigenvalue weighted by Crippen LogP contribution is -2.33. The van der Waals surface area contributed by atoms with Crippen molar-refractivity contribution < 1.29 is 14.4 Å². The number of hydroxylamine groups is 2. The van der Waals surface area contributed by atoms with Crippen LogP contribution in [-0.2, 0) is 9.57 Å². The fraction of sp³-hybridized carbons (Fsp3) is 0.500. The molecule has 0 radical (unpaired) electrons. The average molecular weight is 143 g/mol. The van der Waals surface area contributed by atoms with Gasteiger partial charge in [0.1, 0.15) is 5.76 Å². The molecule has 1 rings (SSSR count). The summed E-state index contributed by atoms with van der Waals surface area (Å²) >= 11 is 0. The molecule has 56 valence electrons. The van der Waals surface area contributed by atoms with E-state index >= 15 is 0 Å². The minimum atomic E-state index is -0.456. The summed E-state index contributed by atoms with van der Waals surface area (Å²) in [4.78, 5) is 15.4. The predicted molar refractivity (Wildman–Crippen MR) is 34.0 cm³/mol. The third-order valence-corrected chi connectivity index (χ3v) is 1.22. The van der Waals surface area contributed by atoms with Crippen LogP contribution in [0.2, 0.25) is 0 Å². The van der Waals surface area contributed by atoms with Crippen LogP contribution < -0.4 is 0 Å². The Bertz CT molecular complexity index is 176. The van der Waals surface area contributed by atoms with Gasteiger partial charge in [-0.2, -0.15) is 5.06 Å². The number of nitrogens with zero attached hydrogens (tertiary/aromatic N) is 1. The Morgan fingerprint density at radius 3 is 3.00 bits per heavy atom. The van der Waals surface area contributed by atoms with Crippen molar-refractivity contribution in [1.29, 1.82) is 0 Å². The Morgan fingerprint density at radius 2 is 2.50 bits per heavy atom. The second-order valence-electron chi connectivity index (χ2n) is 1.93. The maximum absolute atomic E-state index is 10.8. The van der Waals surface area contributed by atoms with Crippen LogP contribution in [0.3, 0.4) is 0 Å². The van der Waals surface area contributed by atoms with Gasteiger partial charge in [0.25, 0.3) is 0 Å². The van der Waals surface area contributed by atoms with Gasteiger partial charge in [-0.1, -0.05) is 0 Å². The molecule has 0 bridgehead atoms. The SMILES string of the molecule is CON1CC=C(C)OC1=O. The molecular formula is C6H9NO3. The molecule has 0 atom stereocenters. The van der Waals surface area contributed by atoms with E-state index in [1.807, 2.05) is 0 Å². The number of allylic oxidation sites excluding steroid dienone is 1. The number of hydrogen-bond acceptors (Lipinski definition) is 3. The van der Waals surface area contributed by atoms with E-state index < -0.39 is 6.09 Å². The predicted octanol–water partition coefficient (Wildman–Crippen LogP) is 0.904. The molecular weight excluding hydrogens is 134 g/mol. The molecule has 4 nitrogen and oxygen atoms in total. The number of ether oxygens (including phenoxy) is 1. The van der Waals surface area contributed by atoms with E-state index in [-0.39, 0.29) is 0 Å². The van der Waals surface area contributed by atoms with Gasteiger partial charge < -0.3 is 4.74 Å². The third kappa shape index (κ3) is 1.27. The molecule has 0 aromatic heterocycles. The van der Waals surface area contributed by atoms with E-state index in [1.165, 1.54) is 7.11 Å². The van der Waals surface area contributed by atoms with Gasteiger partial charge in [-0.05, 0) is 13.0 Å². The molecule has 0 fully saturated rings. The van der Waals surface area contributed by atoms with Crippen LogP contribution >= 0.6 is 0 Å². The number of carbonyl (C=O) groups excluding carboxylic acids is 1. The Hall–Kier alpha value is -1.03. The molecule has 1 heterocycles. The van der Waals surface area contributed by atoms with Crippen LogP contribution in [0.25, 0.3) is 0 Å². The molecule has 0 saturated heterocycles. The van der Waals surface area contributed by atoms with Crippen LogP contribution in [0.1, 0.15) is 6.92 Å². The highest BCUT2D eigenvalue weighted by Gasteiger charge is 2.18. The smallest absolute Gasteiger partial charge is 0.414 e. The highest BCUT2D eigenvalue weighted by molar-refractivity contribution is 5.68. The van der Waals surface area contributed by atoms with Crippen LogP contribution in [-0.4, -0.2) is 24.8 Å². The molecule has 0 spiro atoms. The standard InChI is InChI=1S/C6H9NO3/c1-5-3-4-7(9-2)6(8)10-5/h3H,4H2,1-2H3. The minimum Gasteiger partial charge on any atom is -0.414 e. The summed E-state index contributed by atoms with van der Waals surface area (Å²) in [5, 5.41) is 1.13. The van der Waals surface area contributed by atoms with Crippen molar-refractivity contribution in [1.82, 2.24) is 5.06 Å². The zero-order valence-corrected chi connectivity index (χ0v) is 5.96. The zero-order valence-electron chi connectivity index (χ0n) is 5.96. The molecule has 1 amide bonds. The average Bonchev–Trinajstić information content (AvgIpc) is 1.88. The van der Waals surface area contributed by atoms with Gasteiger partial charge >= 0.3 is 6.09 Å². The second kappa shape index (κ2) is 2.70. The molecule has 0 aromatic rings. The van der Waals surface area contributed by atoms with Crippen molar-refractivity contribution in [3.05, 3.63) is 11.8 Å². The van der Waals surface area contributed by atoms with Crippen LogP contribution in [0.15, 0.2) is 11.8 Å². The first-order valence-electron chi connectivity index (χ1n) is 2.94. The summed E-state index contributed by atoms with van der Waals surface area (Å²) in [7, 11) is 1.43. The largest absolute Gasteiger partial charge is 0.439 e. The van der Waals surface area contributed by atoms with E-state index in [9.17, 15) is 4.79 Å². The lowest BCUT2D eigenvalue weighted by Gasteiger charge is -2.21. The van der Waals surface area contributed by atoms with Gasteiger partial charge in [-0.25, -0.2) is 4.79 Å². The van der Waals surface area contributed by atoms with Crippen molar-refractivity contribution in [2.24, 2.45) is 0 Å². The molecule has 0 N–H and O–H groups in total. The van der Waals surface area contributed by atoms with E-state index in [0.717, 1.165) is 5.06 Å². The van der Waals surface area contributed by atoms with Crippen LogP contribution in [0.5, 0.6) is 0 Å². The third-order valence-electron chi connectivity index (χ3n) is 1.22. The normalized spacial score (nSPS) is 18.4. The topological polar surface area (TPSA) is 38.8 Å². The first-order chi connectivity index (χ1) is 4.74. The fourth-order valence-corrected chi connectivity index (χ4v) is 0.665. The molecule has 0 saturated carbocycles. The molecule has 0 aromatic carbocycles. The number of hydrogen-bond donors (Lipinski definition) is 0. The summed E-state index contributed by atoms with van der Waals surface area (Å²) in [6.07, 6.45) is 1.31. The maximum atomic E-state index is 10.8. The fourth-order valence-electron chi connectivity index (χ4n) is 0.665. The Balaban J connectivity index is 2.61. The number of carbonyl (C=O) groups is 1. The summed E-state index contributed by atoms with van der Waals surface area (Å²) in [6.45, 7) is 2.19. The maximum Gasteiger partial charge on any atom is 0.439 e. The summed E-state index contributed by atoms with van der Waals surface area (Å²) in [6, 6.07) is 0.